The molecule has 7 heteroatoms. The molecule has 2 rings (SSSR count). The van der Waals surface area contributed by atoms with Crippen LogP contribution in [0, 0.1) is 0 Å². The van der Waals surface area contributed by atoms with Gasteiger partial charge in [0.2, 0.25) is 0 Å². The van der Waals surface area contributed by atoms with Crippen LogP contribution >= 0.6 is 11.3 Å². The van der Waals surface area contributed by atoms with Gasteiger partial charge in [-0.2, -0.15) is 0 Å². The monoisotopic (exact) mass is 311 g/mol. The first-order valence-corrected chi connectivity index (χ1v) is 7.76. The lowest BCUT2D eigenvalue weighted by molar-refractivity contribution is 0.0603. The molecule has 0 unspecified atom stereocenters. The number of methoxy groups -OCH3 is 1. The molecular formula is C14H21N3O3S. The van der Waals surface area contributed by atoms with E-state index in [9.17, 15) is 9.59 Å². The number of nitrogen functional groups attached to an aromatic ring is 1. The van der Waals surface area contributed by atoms with Crippen LogP contribution in [0.25, 0.3) is 0 Å². The Bertz CT molecular complexity index is 548. The van der Waals surface area contributed by atoms with E-state index in [0.29, 0.717) is 10.4 Å². The van der Waals surface area contributed by atoms with Crippen molar-refractivity contribution >= 4 is 33.9 Å². The number of anilines is 2. The van der Waals surface area contributed by atoms with Crippen molar-refractivity contribution in [3.05, 3.63) is 10.4 Å². The average molecular weight is 311 g/mol. The molecule has 0 radical (unpaired) electrons. The van der Waals surface area contributed by atoms with Crippen molar-refractivity contribution in [2.24, 2.45) is 0 Å². The summed E-state index contributed by atoms with van der Waals surface area (Å²) in [5, 5.41) is 0.754. The predicted molar refractivity (Wildman–Crippen MR) is 84.2 cm³/mol. The van der Waals surface area contributed by atoms with Crippen LogP contribution in [-0.2, 0) is 4.74 Å². The van der Waals surface area contributed by atoms with E-state index in [1.54, 1.807) is 14.1 Å². The Morgan fingerprint density at radius 3 is 2.38 bits per heavy atom. The Morgan fingerprint density at radius 1 is 1.24 bits per heavy atom. The van der Waals surface area contributed by atoms with Gasteiger partial charge in [-0.25, -0.2) is 4.79 Å². The van der Waals surface area contributed by atoms with Crippen LogP contribution in [0.2, 0.25) is 0 Å². The fourth-order valence-electron chi connectivity index (χ4n) is 2.41. The zero-order valence-electron chi connectivity index (χ0n) is 12.6. The number of rotatable bonds is 3. The highest BCUT2D eigenvalue weighted by atomic mass is 32.1. The average Bonchev–Trinajstić information content (AvgIpc) is 2.84. The van der Waals surface area contributed by atoms with Gasteiger partial charge in [-0.15, -0.1) is 11.3 Å². The van der Waals surface area contributed by atoms with E-state index in [2.05, 4.69) is 4.90 Å². The molecule has 1 saturated heterocycles. The number of carbonyl (C=O) groups excluding carboxylic acids is 2. The molecule has 0 aromatic carbocycles. The number of hydrogen-bond donors (Lipinski definition) is 1. The fourth-order valence-corrected chi connectivity index (χ4v) is 3.69. The summed E-state index contributed by atoms with van der Waals surface area (Å²) in [7, 11) is 4.66. The smallest absolute Gasteiger partial charge is 0.343 e. The van der Waals surface area contributed by atoms with E-state index in [1.165, 1.54) is 29.8 Å². The van der Waals surface area contributed by atoms with Crippen LogP contribution in [-0.4, -0.2) is 51.1 Å². The lowest BCUT2D eigenvalue weighted by atomic mass is 10.1. The van der Waals surface area contributed by atoms with Crippen LogP contribution in [0.5, 0.6) is 0 Å². The van der Waals surface area contributed by atoms with Gasteiger partial charge in [0.05, 0.1) is 12.8 Å². The molecule has 0 bridgehead atoms. The molecule has 1 amide bonds. The minimum atomic E-state index is -0.484. The molecule has 1 aromatic rings. The van der Waals surface area contributed by atoms with Gasteiger partial charge in [0.1, 0.15) is 15.4 Å². The summed E-state index contributed by atoms with van der Waals surface area (Å²) in [4.78, 5) is 28.3. The second-order valence-electron chi connectivity index (χ2n) is 5.26. The summed E-state index contributed by atoms with van der Waals surface area (Å²) in [6.45, 7) is 1.75. The van der Waals surface area contributed by atoms with Crippen molar-refractivity contribution in [1.82, 2.24) is 4.90 Å². The topological polar surface area (TPSA) is 75.9 Å². The Kier molecular flexibility index (Phi) is 4.72. The Labute approximate surface area is 128 Å². The molecule has 0 atom stereocenters. The van der Waals surface area contributed by atoms with E-state index in [-0.39, 0.29) is 11.6 Å². The van der Waals surface area contributed by atoms with Crippen LogP contribution < -0.4 is 10.6 Å². The predicted octanol–water partition coefficient (Wildman–Crippen LogP) is 1.81. The molecule has 0 saturated carbocycles. The van der Waals surface area contributed by atoms with Gasteiger partial charge in [0, 0.05) is 27.2 Å². The first-order chi connectivity index (χ1) is 9.97. The van der Waals surface area contributed by atoms with Gasteiger partial charge < -0.3 is 20.3 Å². The SMILES string of the molecule is COC(=O)c1c(N2CCCCC2)sc(C(=O)N(C)C)c1N. The molecule has 1 aliphatic rings. The number of esters is 1. The van der Waals surface area contributed by atoms with Crippen molar-refractivity contribution in [3.63, 3.8) is 0 Å². The molecule has 1 aliphatic heterocycles. The number of piperidine rings is 1. The number of nitrogens with two attached hydrogens (primary N) is 1. The largest absolute Gasteiger partial charge is 0.465 e. The third-order valence-electron chi connectivity index (χ3n) is 3.56. The highest BCUT2D eigenvalue weighted by Gasteiger charge is 2.30. The molecule has 1 fully saturated rings. The second-order valence-corrected chi connectivity index (χ2v) is 6.26. The number of nitrogens with zero attached hydrogens (tertiary/aromatic N) is 2. The standard InChI is InChI=1S/C14H21N3O3S/c1-16(2)12(18)11-10(15)9(14(19)20-3)13(21-11)17-7-5-4-6-8-17/h4-8,15H2,1-3H3. The van der Waals surface area contributed by atoms with E-state index < -0.39 is 5.97 Å². The molecule has 1 aromatic heterocycles. The van der Waals surface area contributed by atoms with Crippen molar-refractivity contribution < 1.29 is 14.3 Å². The highest BCUT2D eigenvalue weighted by Crippen LogP contribution is 2.40. The summed E-state index contributed by atoms with van der Waals surface area (Å²) in [5.74, 6) is -0.673. The maximum absolute atomic E-state index is 12.2. The minimum Gasteiger partial charge on any atom is -0.465 e. The van der Waals surface area contributed by atoms with Crippen molar-refractivity contribution in [1.29, 1.82) is 0 Å². The molecule has 21 heavy (non-hydrogen) atoms. The zero-order chi connectivity index (χ0) is 15.6. The van der Waals surface area contributed by atoms with Gasteiger partial charge in [-0.1, -0.05) is 0 Å². The van der Waals surface area contributed by atoms with Crippen LogP contribution in [0.4, 0.5) is 10.7 Å². The van der Waals surface area contributed by atoms with Crippen LogP contribution in [0.15, 0.2) is 0 Å². The summed E-state index contributed by atoms with van der Waals surface area (Å²) < 4.78 is 4.84. The van der Waals surface area contributed by atoms with Crippen LogP contribution in [0.1, 0.15) is 39.3 Å². The lowest BCUT2D eigenvalue weighted by Gasteiger charge is -2.28. The Balaban J connectivity index is 2.49. The number of carbonyl (C=O) groups is 2. The maximum Gasteiger partial charge on any atom is 0.343 e. The quantitative estimate of drug-likeness (QED) is 0.862. The van der Waals surface area contributed by atoms with E-state index in [4.69, 9.17) is 10.5 Å². The Hall–Kier alpha value is -1.76. The lowest BCUT2D eigenvalue weighted by Crippen LogP contribution is -2.30. The van der Waals surface area contributed by atoms with Crippen molar-refractivity contribution in [2.75, 3.05) is 44.9 Å². The van der Waals surface area contributed by atoms with Crippen LogP contribution in [0.3, 0.4) is 0 Å². The summed E-state index contributed by atoms with van der Waals surface area (Å²) >= 11 is 1.28. The molecule has 0 aliphatic carbocycles. The molecule has 2 N–H and O–H groups in total. The highest BCUT2D eigenvalue weighted by molar-refractivity contribution is 7.19. The normalized spacial score (nSPS) is 14.9. The summed E-state index contributed by atoms with van der Waals surface area (Å²) in [6, 6.07) is 0. The number of ether oxygens (including phenoxy) is 1. The van der Waals surface area contributed by atoms with Crippen molar-refractivity contribution in [2.45, 2.75) is 19.3 Å². The second kappa shape index (κ2) is 6.34. The van der Waals surface area contributed by atoms with Gasteiger partial charge in [0.25, 0.3) is 5.91 Å². The molecule has 116 valence electrons. The third kappa shape index (κ3) is 2.97. The third-order valence-corrected chi connectivity index (χ3v) is 4.81. The molecular weight excluding hydrogens is 290 g/mol. The van der Waals surface area contributed by atoms with E-state index in [1.807, 2.05) is 0 Å². The van der Waals surface area contributed by atoms with Gasteiger partial charge in [-0.3, -0.25) is 4.79 Å². The van der Waals surface area contributed by atoms with E-state index >= 15 is 0 Å². The maximum atomic E-state index is 12.2. The Morgan fingerprint density at radius 2 is 1.86 bits per heavy atom. The first kappa shape index (κ1) is 15.6. The minimum absolute atomic E-state index is 0.189. The van der Waals surface area contributed by atoms with Crippen molar-refractivity contribution in [3.8, 4) is 0 Å². The fraction of sp³-hybridized carbons (Fsp3) is 0.571. The number of thiophene rings is 1. The van der Waals surface area contributed by atoms with E-state index in [0.717, 1.165) is 30.9 Å². The molecule has 2 heterocycles. The number of amides is 1. The zero-order valence-corrected chi connectivity index (χ0v) is 13.5. The number of hydrogen-bond acceptors (Lipinski definition) is 6. The van der Waals surface area contributed by atoms with Gasteiger partial charge in [-0.05, 0) is 19.3 Å². The summed E-state index contributed by atoms with van der Waals surface area (Å²) in [6.07, 6.45) is 3.35. The molecule has 0 spiro atoms. The first-order valence-electron chi connectivity index (χ1n) is 6.94. The van der Waals surface area contributed by atoms with Gasteiger partial charge >= 0.3 is 5.97 Å². The summed E-state index contributed by atoms with van der Waals surface area (Å²) in [5.41, 5.74) is 6.62. The van der Waals surface area contributed by atoms with Gasteiger partial charge in [0.15, 0.2) is 0 Å². The molecule has 6 nitrogen and oxygen atoms in total.